The molecule has 0 atom stereocenters. The number of anilines is 1. The van der Waals surface area contributed by atoms with Crippen molar-refractivity contribution in [2.45, 2.75) is 19.8 Å². The van der Waals surface area contributed by atoms with Crippen LogP contribution in [0.1, 0.15) is 19.8 Å². The summed E-state index contributed by atoms with van der Waals surface area (Å²) in [4.78, 5) is 28.4. The van der Waals surface area contributed by atoms with E-state index in [9.17, 15) is 9.59 Å². The van der Waals surface area contributed by atoms with Crippen LogP contribution in [0.25, 0.3) is 16.9 Å². The maximum Gasteiger partial charge on any atom is 0.325 e. The first-order chi connectivity index (χ1) is 13.7. The number of pyridine rings is 1. The van der Waals surface area contributed by atoms with Gasteiger partial charge in [-0.25, -0.2) is 4.98 Å². The third-order valence-corrected chi connectivity index (χ3v) is 4.47. The van der Waals surface area contributed by atoms with Crippen molar-refractivity contribution < 1.29 is 19.1 Å². The molecular formula is C21H21N3O4. The van der Waals surface area contributed by atoms with Gasteiger partial charge in [-0.15, -0.1) is 0 Å². The van der Waals surface area contributed by atoms with Gasteiger partial charge in [0.2, 0.25) is 0 Å². The minimum Gasteiger partial charge on any atom is -0.465 e. The van der Waals surface area contributed by atoms with E-state index in [-0.39, 0.29) is 24.4 Å². The van der Waals surface area contributed by atoms with E-state index in [1.807, 2.05) is 40.9 Å². The van der Waals surface area contributed by atoms with Gasteiger partial charge >= 0.3 is 11.9 Å². The van der Waals surface area contributed by atoms with Crippen molar-refractivity contribution in [3.8, 4) is 17.0 Å². The highest BCUT2D eigenvalue weighted by Crippen LogP contribution is 2.33. The second kappa shape index (κ2) is 7.72. The fourth-order valence-corrected chi connectivity index (χ4v) is 2.96. The van der Waals surface area contributed by atoms with Crippen molar-refractivity contribution in [1.29, 1.82) is 0 Å². The normalized spacial score (nSPS) is 13.3. The highest BCUT2D eigenvalue weighted by Gasteiger charge is 2.31. The highest BCUT2D eigenvalue weighted by molar-refractivity contribution is 5.82. The molecule has 4 rings (SSSR count). The van der Waals surface area contributed by atoms with Crippen LogP contribution >= 0.6 is 0 Å². The molecule has 1 aromatic carbocycles. The number of carbonyl (C=O) groups excluding carboxylic acids is 2. The zero-order chi connectivity index (χ0) is 19.5. The Hall–Kier alpha value is -3.35. The lowest BCUT2D eigenvalue weighted by atomic mass is 10.1. The summed E-state index contributed by atoms with van der Waals surface area (Å²) < 4.78 is 12.3. The van der Waals surface area contributed by atoms with Crippen LogP contribution in [-0.2, 0) is 14.3 Å². The number of carbonyl (C=O) groups is 2. The molecule has 0 radical (unpaired) electrons. The first kappa shape index (κ1) is 18.0. The molecule has 2 heterocycles. The van der Waals surface area contributed by atoms with Gasteiger partial charge in [0.25, 0.3) is 0 Å². The summed E-state index contributed by atoms with van der Waals surface area (Å²) in [6, 6.07) is 12.9. The van der Waals surface area contributed by atoms with Crippen LogP contribution in [0.2, 0.25) is 0 Å². The zero-order valence-electron chi connectivity index (χ0n) is 15.6. The number of hydrogen-bond donors (Lipinski definition) is 1. The first-order valence-corrected chi connectivity index (χ1v) is 9.34. The molecule has 28 heavy (non-hydrogen) atoms. The molecule has 1 aliphatic carbocycles. The van der Waals surface area contributed by atoms with Crippen LogP contribution in [0.15, 0.2) is 48.7 Å². The summed E-state index contributed by atoms with van der Waals surface area (Å²) in [6.07, 6.45) is 3.66. The van der Waals surface area contributed by atoms with Gasteiger partial charge in [0.1, 0.15) is 29.5 Å². The van der Waals surface area contributed by atoms with Crippen molar-refractivity contribution in [2.24, 2.45) is 5.92 Å². The summed E-state index contributed by atoms with van der Waals surface area (Å²) in [5.74, 6) is 0.664. The lowest BCUT2D eigenvalue weighted by Crippen LogP contribution is -2.17. The summed E-state index contributed by atoms with van der Waals surface area (Å²) >= 11 is 0. The van der Waals surface area contributed by atoms with Gasteiger partial charge in [0.05, 0.1) is 12.5 Å². The molecule has 1 N–H and O–H groups in total. The molecule has 0 amide bonds. The van der Waals surface area contributed by atoms with Gasteiger partial charge in [-0.1, -0.05) is 18.2 Å². The van der Waals surface area contributed by atoms with Gasteiger partial charge < -0.3 is 14.8 Å². The maximum absolute atomic E-state index is 12.0. The summed E-state index contributed by atoms with van der Waals surface area (Å²) in [5, 5.41) is 3.13. The van der Waals surface area contributed by atoms with E-state index in [1.165, 1.54) is 0 Å². The molecule has 144 valence electrons. The molecule has 1 saturated carbocycles. The molecule has 1 fully saturated rings. The maximum atomic E-state index is 12.0. The Balaban J connectivity index is 1.66. The summed E-state index contributed by atoms with van der Waals surface area (Å²) in [5.41, 5.74) is 2.19. The largest absolute Gasteiger partial charge is 0.465 e. The van der Waals surface area contributed by atoms with Gasteiger partial charge in [0, 0.05) is 11.8 Å². The van der Waals surface area contributed by atoms with Crippen LogP contribution in [0.5, 0.6) is 5.75 Å². The fraction of sp³-hybridized carbons (Fsp3) is 0.286. The van der Waals surface area contributed by atoms with Crippen molar-refractivity contribution in [2.75, 3.05) is 18.5 Å². The third-order valence-electron chi connectivity index (χ3n) is 4.47. The average Bonchev–Trinajstić information content (AvgIpc) is 3.48. The average molecular weight is 379 g/mol. The Morgan fingerprint density at radius 1 is 1.21 bits per heavy atom. The standard InChI is InChI=1S/C21H21N3O4/c1-2-27-18(25)13-22-20-19(23-17-8-3-4-11-24(17)20)15-6-5-7-16(12-15)28-21(26)14-9-10-14/h3-8,11-12,14,22H,2,9-10,13H2,1H3. The topological polar surface area (TPSA) is 81.9 Å². The number of nitrogens with one attached hydrogen (secondary N) is 1. The van der Waals surface area contributed by atoms with Gasteiger partial charge in [-0.05, 0) is 44.0 Å². The molecule has 7 nitrogen and oxygen atoms in total. The third kappa shape index (κ3) is 3.83. The van der Waals surface area contributed by atoms with E-state index < -0.39 is 0 Å². The van der Waals surface area contributed by atoms with E-state index in [2.05, 4.69) is 10.3 Å². The quantitative estimate of drug-likeness (QED) is 0.501. The van der Waals surface area contributed by atoms with Crippen molar-refractivity contribution in [3.05, 3.63) is 48.7 Å². The second-order valence-electron chi connectivity index (χ2n) is 6.62. The predicted molar refractivity (Wildman–Crippen MR) is 104 cm³/mol. The highest BCUT2D eigenvalue weighted by atomic mass is 16.5. The molecule has 0 saturated heterocycles. The smallest absolute Gasteiger partial charge is 0.325 e. The minimum absolute atomic E-state index is 0.0277. The van der Waals surface area contributed by atoms with Crippen molar-refractivity contribution in [1.82, 2.24) is 9.38 Å². The number of rotatable bonds is 7. The van der Waals surface area contributed by atoms with Crippen molar-refractivity contribution >= 4 is 23.4 Å². The first-order valence-electron chi connectivity index (χ1n) is 9.34. The van der Waals surface area contributed by atoms with E-state index in [0.29, 0.717) is 23.9 Å². The second-order valence-corrected chi connectivity index (χ2v) is 6.62. The van der Waals surface area contributed by atoms with Gasteiger partial charge in [-0.3, -0.25) is 14.0 Å². The molecule has 0 unspecified atom stereocenters. The molecule has 3 aromatic rings. The monoisotopic (exact) mass is 379 g/mol. The molecule has 2 aromatic heterocycles. The minimum atomic E-state index is -0.341. The van der Waals surface area contributed by atoms with Crippen LogP contribution in [-0.4, -0.2) is 34.5 Å². The lowest BCUT2D eigenvalue weighted by molar-refractivity contribution is -0.141. The molecule has 0 aliphatic heterocycles. The number of fused-ring (bicyclic) bond motifs is 1. The fourth-order valence-electron chi connectivity index (χ4n) is 2.96. The van der Waals surface area contributed by atoms with E-state index in [4.69, 9.17) is 9.47 Å². The predicted octanol–water partition coefficient (Wildman–Crippen LogP) is 3.29. The van der Waals surface area contributed by atoms with Crippen molar-refractivity contribution in [3.63, 3.8) is 0 Å². The zero-order valence-corrected chi connectivity index (χ0v) is 15.6. The molecule has 7 heteroatoms. The Bertz CT molecular complexity index is 1020. The Labute approximate surface area is 162 Å². The van der Waals surface area contributed by atoms with Crippen LogP contribution in [0.3, 0.4) is 0 Å². The van der Waals surface area contributed by atoms with Gasteiger partial charge in [0.15, 0.2) is 0 Å². The van der Waals surface area contributed by atoms with E-state index in [0.717, 1.165) is 24.1 Å². The Morgan fingerprint density at radius 3 is 2.86 bits per heavy atom. The molecule has 1 aliphatic rings. The Kier molecular flexibility index (Phi) is 4.97. The van der Waals surface area contributed by atoms with Crippen LogP contribution in [0, 0.1) is 5.92 Å². The number of nitrogens with zero attached hydrogens (tertiary/aromatic N) is 2. The molecule has 0 spiro atoms. The van der Waals surface area contributed by atoms with E-state index >= 15 is 0 Å². The Morgan fingerprint density at radius 2 is 2.07 bits per heavy atom. The molecule has 0 bridgehead atoms. The number of esters is 2. The van der Waals surface area contributed by atoms with Crippen LogP contribution in [0.4, 0.5) is 5.82 Å². The number of aromatic nitrogens is 2. The number of imidazole rings is 1. The number of ether oxygens (including phenoxy) is 2. The summed E-state index contributed by atoms with van der Waals surface area (Å²) in [6.45, 7) is 2.13. The lowest BCUT2D eigenvalue weighted by Gasteiger charge is -2.09. The SMILES string of the molecule is CCOC(=O)CNc1c(-c2cccc(OC(=O)C3CC3)c2)nc2ccccn12. The summed E-state index contributed by atoms with van der Waals surface area (Å²) in [7, 11) is 0. The van der Waals surface area contributed by atoms with Crippen LogP contribution < -0.4 is 10.1 Å². The number of benzene rings is 1. The van der Waals surface area contributed by atoms with Gasteiger partial charge in [-0.2, -0.15) is 0 Å². The number of hydrogen-bond acceptors (Lipinski definition) is 6. The van der Waals surface area contributed by atoms with E-state index in [1.54, 1.807) is 19.1 Å². The molecular weight excluding hydrogens is 358 g/mol.